The van der Waals surface area contributed by atoms with Gasteiger partial charge >= 0.3 is 6.03 Å². The van der Waals surface area contributed by atoms with Gasteiger partial charge in [0.1, 0.15) is 0 Å². The zero-order valence-electron chi connectivity index (χ0n) is 21.1. The Morgan fingerprint density at radius 3 is 2.14 bits per heavy atom. The van der Waals surface area contributed by atoms with Crippen LogP contribution in [0.25, 0.3) is 0 Å². The highest BCUT2D eigenvalue weighted by atomic mass is 16.2. The summed E-state index contributed by atoms with van der Waals surface area (Å²) < 4.78 is 0. The highest BCUT2D eigenvalue weighted by Crippen LogP contribution is 2.15. The Morgan fingerprint density at radius 2 is 1.51 bits per heavy atom. The van der Waals surface area contributed by atoms with Gasteiger partial charge in [-0.1, -0.05) is 79.7 Å². The number of benzene rings is 3. The van der Waals surface area contributed by atoms with Crippen LogP contribution in [-0.4, -0.2) is 40.9 Å². The number of urea groups is 1. The summed E-state index contributed by atoms with van der Waals surface area (Å²) in [7, 11) is 0. The number of hydrogen-bond acceptors (Lipinski definition) is 2. The van der Waals surface area contributed by atoms with Crippen molar-refractivity contribution in [3.05, 3.63) is 102 Å². The summed E-state index contributed by atoms with van der Waals surface area (Å²) in [6.45, 7) is 7.65. The third kappa shape index (κ3) is 8.29. The van der Waals surface area contributed by atoms with E-state index in [4.69, 9.17) is 0 Å². The molecule has 0 aromatic heterocycles. The maximum atomic E-state index is 13.4. The molecule has 0 aliphatic heterocycles. The molecule has 1 unspecified atom stereocenters. The lowest BCUT2D eigenvalue weighted by atomic mass is 10.1. The summed E-state index contributed by atoms with van der Waals surface area (Å²) in [6, 6.07) is 27.9. The summed E-state index contributed by atoms with van der Waals surface area (Å²) in [6.07, 6.45) is 1.90. The van der Waals surface area contributed by atoms with E-state index in [1.54, 1.807) is 4.90 Å². The maximum Gasteiger partial charge on any atom is 0.322 e. The predicted molar refractivity (Wildman–Crippen MR) is 143 cm³/mol. The Morgan fingerprint density at radius 1 is 0.857 bits per heavy atom. The molecule has 0 heterocycles. The topological polar surface area (TPSA) is 52.7 Å². The van der Waals surface area contributed by atoms with Crippen LogP contribution in [0, 0.1) is 6.92 Å². The second kappa shape index (κ2) is 13.3. The first-order valence-corrected chi connectivity index (χ1v) is 12.5. The normalized spacial score (nSPS) is 11.5. The number of carbonyl (C=O) groups excluding carboxylic acids is 2. The molecule has 184 valence electrons. The Labute approximate surface area is 209 Å². The van der Waals surface area contributed by atoms with Crippen molar-refractivity contribution in [2.24, 2.45) is 0 Å². The minimum atomic E-state index is -0.170. The smallest absolute Gasteiger partial charge is 0.322 e. The van der Waals surface area contributed by atoms with Gasteiger partial charge < -0.3 is 15.1 Å². The Bertz CT molecular complexity index is 1070. The number of hydrogen-bond donors (Lipinski definition) is 1. The van der Waals surface area contributed by atoms with Gasteiger partial charge in [-0.15, -0.1) is 0 Å². The summed E-state index contributed by atoms with van der Waals surface area (Å²) in [5.74, 6) is 0.0569. The molecule has 3 amide bonds. The molecule has 35 heavy (non-hydrogen) atoms. The molecule has 0 bridgehead atoms. The van der Waals surface area contributed by atoms with Crippen molar-refractivity contribution < 1.29 is 9.59 Å². The first-order chi connectivity index (χ1) is 17.0. The molecule has 0 aliphatic rings. The van der Waals surface area contributed by atoms with E-state index in [9.17, 15) is 9.59 Å². The van der Waals surface area contributed by atoms with Crippen molar-refractivity contribution in [1.82, 2.24) is 9.80 Å². The molecule has 3 rings (SSSR count). The largest absolute Gasteiger partial charge is 0.338 e. The van der Waals surface area contributed by atoms with E-state index in [1.807, 2.05) is 91.5 Å². The van der Waals surface area contributed by atoms with Crippen molar-refractivity contribution in [2.45, 2.75) is 52.6 Å². The molecular formula is C30H37N3O2. The fraction of sp³-hybridized carbons (Fsp3) is 0.333. The Kier molecular flexibility index (Phi) is 9.91. The highest BCUT2D eigenvalue weighted by Gasteiger charge is 2.22. The number of amides is 3. The lowest BCUT2D eigenvalue weighted by Gasteiger charge is -2.30. The predicted octanol–water partition coefficient (Wildman–Crippen LogP) is 6.29. The van der Waals surface area contributed by atoms with Crippen LogP contribution in [0.5, 0.6) is 0 Å². The van der Waals surface area contributed by atoms with E-state index in [0.29, 0.717) is 19.6 Å². The number of carbonyl (C=O) groups is 2. The fourth-order valence-electron chi connectivity index (χ4n) is 4.04. The van der Waals surface area contributed by atoms with Crippen LogP contribution in [0.4, 0.5) is 10.5 Å². The van der Waals surface area contributed by atoms with E-state index in [-0.39, 0.29) is 24.4 Å². The zero-order valence-corrected chi connectivity index (χ0v) is 21.1. The molecule has 3 aromatic rings. The van der Waals surface area contributed by atoms with Crippen molar-refractivity contribution in [2.75, 3.05) is 18.4 Å². The summed E-state index contributed by atoms with van der Waals surface area (Å²) in [4.78, 5) is 30.2. The van der Waals surface area contributed by atoms with E-state index in [1.165, 1.54) is 5.56 Å². The molecule has 3 aromatic carbocycles. The van der Waals surface area contributed by atoms with Gasteiger partial charge in [0.15, 0.2) is 0 Å². The standard InChI is InChI=1S/C30H37N3O2/c1-4-25(3)33(30(35)31-28-17-11-12-24(2)22-28)21-19-29(34)32(23-27-15-9-6-10-16-27)20-18-26-13-7-5-8-14-26/h5-17,22,25H,4,18-21,23H2,1-3H3,(H,31,35). The second-order valence-corrected chi connectivity index (χ2v) is 9.04. The van der Waals surface area contributed by atoms with Crippen molar-refractivity contribution in [3.63, 3.8) is 0 Å². The fourth-order valence-corrected chi connectivity index (χ4v) is 4.04. The molecule has 5 nitrogen and oxygen atoms in total. The van der Waals surface area contributed by atoms with Gasteiger partial charge in [-0.25, -0.2) is 4.79 Å². The van der Waals surface area contributed by atoms with Gasteiger partial charge in [-0.3, -0.25) is 4.79 Å². The Balaban J connectivity index is 1.67. The van der Waals surface area contributed by atoms with Gasteiger partial charge in [0.25, 0.3) is 0 Å². The lowest BCUT2D eigenvalue weighted by molar-refractivity contribution is -0.132. The van der Waals surface area contributed by atoms with Crippen LogP contribution in [0.2, 0.25) is 0 Å². The molecule has 1 N–H and O–H groups in total. The third-order valence-electron chi connectivity index (χ3n) is 6.30. The molecule has 0 saturated carbocycles. The molecule has 0 radical (unpaired) electrons. The molecule has 0 aliphatic carbocycles. The van der Waals surface area contributed by atoms with Crippen LogP contribution in [-0.2, 0) is 17.8 Å². The van der Waals surface area contributed by atoms with E-state index in [0.717, 1.165) is 29.7 Å². The number of nitrogens with one attached hydrogen (secondary N) is 1. The summed E-state index contributed by atoms with van der Waals surface area (Å²) in [5, 5.41) is 3.00. The quantitative estimate of drug-likeness (QED) is 0.357. The van der Waals surface area contributed by atoms with Gasteiger partial charge in [0, 0.05) is 37.8 Å². The van der Waals surface area contributed by atoms with Gasteiger partial charge in [0.2, 0.25) is 5.91 Å². The first kappa shape index (κ1) is 26.0. The van der Waals surface area contributed by atoms with Crippen LogP contribution < -0.4 is 5.32 Å². The van der Waals surface area contributed by atoms with Crippen LogP contribution >= 0.6 is 0 Å². The molecule has 5 heteroatoms. The van der Waals surface area contributed by atoms with Gasteiger partial charge in [-0.2, -0.15) is 0 Å². The van der Waals surface area contributed by atoms with Crippen molar-refractivity contribution in [3.8, 4) is 0 Å². The number of anilines is 1. The Hall–Kier alpha value is -3.60. The van der Waals surface area contributed by atoms with Crippen LogP contribution in [0.3, 0.4) is 0 Å². The van der Waals surface area contributed by atoms with Gasteiger partial charge in [0.05, 0.1) is 0 Å². The highest BCUT2D eigenvalue weighted by molar-refractivity contribution is 5.90. The second-order valence-electron chi connectivity index (χ2n) is 9.04. The molecule has 1 atom stereocenters. The van der Waals surface area contributed by atoms with E-state index < -0.39 is 0 Å². The average molecular weight is 472 g/mol. The monoisotopic (exact) mass is 471 g/mol. The first-order valence-electron chi connectivity index (χ1n) is 12.5. The minimum Gasteiger partial charge on any atom is -0.338 e. The average Bonchev–Trinajstić information content (AvgIpc) is 2.87. The molecule has 0 spiro atoms. The molecule has 0 saturated heterocycles. The van der Waals surface area contributed by atoms with Gasteiger partial charge in [-0.05, 0) is 55.5 Å². The zero-order chi connectivity index (χ0) is 25.0. The number of rotatable bonds is 11. The third-order valence-corrected chi connectivity index (χ3v) is 6.30. The summed E-state index contributed by atoms with van der Waals surface area (Å²) in [5.41, 5.74) is 4.16. The number of nitrogens with zero attached hydrogens (tertiary/aromatic N) is 2. The summed E-state index contributed by atoms with van der Waals surface area (Å²) >= 11 is 0. The van der Waals surface area contributed by atoms with Crippen LogP contribution in [0.1, 0.15) is 43.4 Å². The van der Waals surface area contributed by atoms with Crippen molar-refractivity contribution >= 4 is 17.6 Å². The van der Waals surface area contributed by atoms with Crippen LogP contribution in [0.15, 0.2) is 84.9 Å². The van der Waals surface area contributed by atoms with E-state index in [2.05, 4.69) is 24.4 Å². The van der Waals surface area contributed by atoms with E-state index >= 15 is 0 Å². The lowest BCUT2D eigenvalue weighted by Crippen LogP contribution is -2.44. The minimum absolute atomic E-state index is 0.0273. The molecule has 0 fully saturated rings. The molecular weight excluding hydrogens is 434 g/mol. The van der Waals surface area contributed by atoms with Crippen molar-refractivity contribution in [1.29, 1.82) is 0 Å². The maximum absolute atomic E-state index is 13.4. The number of aryl methyl sites for hydroxylation is 1. The SMILES string of the molecule is CCC(C)N(CCC(=O)N(CCc1ccccc1)Cc1ccccc1)C(=O)Nc1cccc(C)c1.